The highest BCUT2D eigenvalue weighted by Crippen LogP contribution is 2.16. The van der Waals surface area contributed by atoms with Crippen LogP contribution in [0.4, 0.5) is 4.79 Å². The third kappa shape index (κ3) is 4.00. The van der Waals surface area contributed by atoms with E-state index < -0.39 is 0 Å². The summed E-state index contributed by atoms with van der Waals surface area (Å²) in [6.45, 7) is 5.57. The van der Waals surface area contributed by atoms with Gasteiger partial charge in [-0.1, -0.05) is 6.92 Å². The Hall–Kier alpha value is -0.770. The van der Waals surface area contributed by atoms with Gasteiger partial charge in [-0.15, -0.1) is 0 Å². The number of carbonyl (C=O) groups is 1. The third-order valence-corrected chi connectivity index (χ3v) is 3.22. The van der Waals surface area contributed by atoms with Crippen molar-refractivity contribution in [1.82, 2.24) is 9.80 Å². The van der Waals surface area contributed by atoms with Crippen molar-refractivity contribution in [2.45, 2.75) is 26.2 Å². The third-order valence-electron chi connectivity index (χ3n) is 3.22. The molecule has 0 aromatic heterocycles. The van der Waals surface area contributed by atoms with E-state index in [1.54, 1.807) is 12.0 Å². The van der Waals surface area contributed by atoms with Crippen molar-refractivity contribution in [3.05, 3.63) is 0 Å². The molecule has 1 saturated heterocycles. The summed E-state index contributed by atoms with van der Waals surface area (Å²) in [6, 6.07) is 0.169. The molecule has 0 aliphatic carbocycles. The maximum Gasteiger partial charge on any atom is 0.319 e. The maximum atomic E-state index is 12.0. The van der Waals surface area contributed by atoms with E-state index in [4.69, 9.17) is 4.74 Å². The molecule has 16 heavy (non-hydrogen) atoms. The second-order valence-electron chi connectivity index (χ2n) is 4.72. The van der Waals surface area contributed by atoms with Crippen LogP contribution in [0, 0.1) is 5.92 Å². The number of urea groups is 1. The Balaban J connectivity index is 2.27. The van der Waals surface area contributed by atoms with Gasteiger partial charge in [0.1, 0.15) is 0 Å². The summed E-state index contributed by atoms with van der Waals surface area (Å²) in [5.74, 6) is 0.767. The van der Waals surface area contributed by atoms with Gasteiger partial charge in [0.2, 0.25) is 0 Å². The van der Waals surface area contributed by atoms with Gasteiger partial charge >= 0.3 is 6.03 Å². The Morgan fingerprint density at radius 3 is 2.62 bits per heavy atom. The van der Waals surface area contributed by atoms with E-state index in [9.17, 15) is 4.79 Å². The summed E-state index contributed by atoms with van der Waals surface area (Å²) >= 11 is 0. The molecule has 4 heteroatoms. The second-order valence-corrected chi connectivity index (χ2v) is 4.72. The van der Waals surface area contributed by atoms with Crippen LogP contribution in [-0.4, -0.2) is 56.2 Å². The van der Waals surface area contributed by atoms with Crippen molar-refractivity contribution in [3.8, 4) is 0 Å². The van der Waals surface area contributed by atoms with E-state index >= 15 is 0 Å². The van der Waals surface area contributed by atoms with Crippen molar-refractivity contribution in [2.75, 3.05) is 40.4 Å². The predicted molar refractivity (Wildman–Crippen MR) is 64.5 cm³/mol. The molecular weight excluding hydrogens is 204 g/mol. The van der Waals surface area contributed by atoms with Gasteiger partial charge in [-0.05, 0) is 25.2 Å². The average Bonchev–Trinajstić information content (AvgIpc) is 2.29. The van der Waals surface area contributed by atoms with Gasteiger partial charge in [0.15, 0.2) is 0 Å². The lowest BCUT2D eigenvalue weighted by molar-refractivity contribution is 0.135. The molecule has 4 nitrogen and oxygen atoms in total. The molecule has 94 valence electrons. The number of amides is 2. The van der Waals surface area contributed by atoms with Crippen LogP contribution in [0.3, 0.4) is 0 Å². The van der Waals surface area contributed by atoms with Crippen molar-refractivity contribution in [2.24, 2.45) is 5.92 Å². The van der Waals surface area contributed by atoms with Crippen molar-refractivity contribution >= 4 is 6.03 Å². The van der Waals surface area contributed by atoms with Crippen LogP contribution < -0.4 is 0 Å². The number of carbonyl (C=O) groups excluding carboxylic acids is 1. The summed E-state index contributed by atoms with van der Waals surface area (Å²) in [7, 11) is 3.56. The zero-order valence-electron chi connectivity index (χ0n) is 10.7. The lowest BCUT2D eigenvalue weighted by Gasteiger charge is -2.33. The Kier molecular flexibility index (Phi) is 5.60. The van der Waals surface area contributed by atoms with Gasteiger partial charge < -0.3 is 14.5 Å². The van der Waals surface area contributed by atoms with Crippen LogP contribution in [0.15, 0.2) is 0 Å². The molecule has 0 aromatic rings. The molecule has 0 unspecified atom stereocenters. The number of piperidine rings is 1. The van der Waals surface area contributed by atoms with E-state index in [1.807, 2.05) is 11.9 Å². The first kappa shape index (κ1) is 13.3. The average molecular weight is 228 g/mol. The normalized spacial score (nSPS) is 17.6. The molecule has 1 aliphatic heterocycles. The molecule has 0 spiro atoms. The number of likely N-dealkylation sites (tertiary alicyclic amines) is 1. The first-order chi connectivity index (χ1) is 7.65. The van der Waals surface area contributed by atoms with Gasteiger partial charge in [0.25, 0.3) is 0 Å². The zero-order valence-corrected chi connectivity index (χ0v) is 10.7. The highest BCUT2D eigenvalue weighted by molar-refractivity contribution is 5.74. The van der Waals surface area contributed by atoms with Crippen molar-refractivity contribution < 1.29 is 9.53 Å². The summed E-state index contributed by atoms with van der Waals surface area (Å²) < 4.78 is 4.98. The van der Waals surface area contributed by atoms with Crippen LogP contribution in [0.25, 0.3) is 0 Å². The Morgan fingerprint density at radius 1 is 1.44 bits per heavy atom. The molecular formula is C12H24N2O2. The topological polar surface area (TPSA) is 32.8 Å². The highest BCUT2D eigenvalue weighted by atomic mass is 16.5. The molecule has 1 fully saturated rings. The van der Waals surface area contributed by atoms with Gasteiger partial charge in [-0.3, -0.25) is 0 Å². The van der Waals surface area contributed by atoms with Crippen molar-refractivity contribution in [3.63, 3.8) is 0 Å². The number of hydrogen-bond donors (Lipinski definition) is 0. The molecule has 0 aromatic carbocycles. The maximum absolute atomic E-state index is 12.0. The van der Waals surface area contributed by atoms with Gasteiger partial charge in [-0.25, -0.2) is 4.79 Å². The number of hydrogen-bond acceptors (Lipinski definition) is 2. The van der Waals surface area contributed by atoms with Gasteiger partial charge in [-0.2, -0.15) is 0 Å². The Labute approximate surface area is 98.5 Å². The SMILES string of the molecule is COCCCN(C)C(=O)N1CCC(C)CC1. The van der Waals surface area contributed by atoms with Crippen LogP contribution >= 0.6 is 0 Å². The fourth-order valence-corrected chi connectivity index (χ4v) is 1.98. The lowest BCUT2D eigenvalue weighted by atomic mass is 10.00. The Morgan fingerprint density at radius 2 is 2.06 bits per heavy atom. The monoisotopic (exact) mass is 228 g/mol. The fraction of sp³-hybridized carbons (Fsp3) is 0.917. The van der Waals surface area contributed by atoms with E-state index in [2.05, 4.69) is 6.92 Å². The summed E-state index contributed by atoms with van der Waals surface area (Å²) in [6.07, 6.45) is 3.18. The molecule has 0 bridgehead atoms. The molecule has 0 radical (unpaired) electrons. The molecule has 1 heterocycles. The van der Waals surface area contributed by atoms with E-state index in [-0.39, 0.29) is 6.03 Å². The summed E-state index contributed by atoms with van der Waals surface area (Å²) in [4.78, 5) is 15.8. The zero-order chi connectivity index (χ0) is 12.0. The van der Waals surface area contributed by atoms with Crippen LogP contribution in [-0.2, 0) is 4.74 Å². The van der Waals surface area contributed by atoms with Crippen LogP contribution in [0.1, 0.15) is 26.2 Å². The second kappa shape index (κ2) is 6.74. The fourth-order valence-electron chi connectivity index (χ4n) is 1.98. The number of methoxy groups -OCH3 is 1. The van der Waals surface area contributed by atoms with Gasteiger partial charge in [0.05, 0.1) is 0 Å². The highest BCUT2D eigenvalue weighted by Gasteiger charge is 2.22. The van der Waals surface area contributed by atoms with E-state index in [1.165, 1.54) is 0 Å². The standard InChI is InChI=1S/C12H24N2O2/c1-11-5-8-14(9-6-11)12(15)13(2)7-4-10-16-3/h11H,4-10H2,1-3H3. The van der Waals surface area contributed by atoms with Crippen LogP contribution in [0.2, 0.25) is 0 Å². The minimum Gasteiger partial charge on any atom is -0.385 e. The number of ether oxygens (including phenoxy) is 1. The first-order valence-corrected chi connectivity index (χ1v) is 6.14. The minimum atomic E-state index is 0.169. The largest absolute Gasteiger partial charge is 0.385 e. The molecule has 1 aliphatic rings. The number of nitrogens with zero attached hydrogens (tertiary/aromatic N) is 2. The predicted octanol–water partition coefficient (Wildman–Crippen LogP) is 1.81. The minimum absolute atomic E-state index is 0.169. The van der Waals surface area contributed by atoms with Gasteiger partial charge in [0, 0.05) is 40.4 Å². The summed E-state index contributed by atoms with van der Waals surface area (Å²) in [5.41, 5.74) is 0. The van der Waals surface area contributed by atoms with Crippen LogP contribution in [0.5, 0.6) is 0 Å². The molecule has 0 N–H and O–H groups in total. The van der Waals surface area contributed by atoms with E-state index in [0.717, 1.165) is 44.8 Å². The lowest BCUT2D eigenvalue weighted by Crippen LogP contribution is -2.45. The molecule has 1 rings (SSSR count). The smallest absolute Gasteiger partial charge is 0.319 e. The molecule has 0 saturated carbocycles. The van der Waals surface area contributed by atoms with Crippen molar-refractivity contribution in [1.29, 1.82) is 0 Å². The number of rotatable bonds is 4. The Bertz CT molecular complexity index is 213. The molecule has 2 amide bonds. The van der Waals surface area contributed by atoms with E-state index in [0.29, 0.717) is 6.61 Å². The first-order valence-electron chi connectivity index (χ1n) is 6.14. The quantitative estimate of drug-likeness (QED) is 0.687. The molecule has 0 atom stereocenters. The summed E-state index contributed by atoms with van der Waals surface area (Å²) in [5, 5.41) is 0.